The van der Waals surface area contributed by atoms with Crippen molar-refractivity contribution in [3.63, 3.8) is 0 Å². The maximum atomic E-state index is 12.4. The van der Waals surface area contributed by atoms with Crippen LogP contribution in [0.25, 0.3) is 0 Å². The highest BCUT2D eigenvalue weighted by molar-refractivity contribution is 7.54. The summed E-state index contributed by atoms with van der Waals surface area (Å²) in [4.78, 5) is 13.8. The quantitative estimate of drug-likeness (QED) is 0.273. The van der Waals surface area contributed by atoms with Gasteiger partial charge in [0.2, 0.25) is 0 Å². The Hall–Kier alpha value is -0.990. The van der Waals surface area contributed by atoms with Gasteiger partial charge in [-0.3, -0.25) is 4.57 Å². The van der Waals surface area contributed by atoms with Crippen LogP contribution in [0.3, 0.4) is 0 Å². The van der Waals surface area contributed by atoms with Gasteiger partial charge in [0.1, 0.15) is 12.4 Å². The van der Waals surface area contributed by atoms with Gasteiger partial charge in [-0.2, -0.15) is 0 Å². The Morgan fingerprint density at radius 1 is 1.52 bits per heavy atom. The normalized spacial score (nSPS) is 14.0. The van der Waals surface area contributed by atoms with Crippen molar-refractivity contribution < 1.29 is 14.0 Å². The van der Waals surface area contributed by atoms with Gasteiger partial charge in [-0.05, 0) is 11.3 Å². The molecule has 11 heteroatoms. The fourth-order valence-corrected chi connectivity index (χ4v) is 3.29. The zero-order valence-electron chi connectivity index (χ0n) is 11.7. The maximum absolute atomic E-state index is 12.4. The van der Waals surface area contributed by atoms with Gasteiger partial charge in [0, 0.05) is 19.0 Å². The minimum atomic E-state index is -3.20. The maximum Gasteiger partial charge on any atom is 0.434 e. The van der Waals surface area contributed by atoms with Crippen LogP contribution in [-0.4, -0.2) is 40.1 Å². The largest absolute Gasteiger partial charge is 0.434 e. The molecule has 1 unspecified atom stereocenters. The van der Waals surface area contributed by atoms with E-state index < -0.39 is 12.6 Å². The van der Waals surface area contributed by atoms with E-state index in [1.165, 1.54) is 17.0 Å². The summed E-state index contributed by atoms with van der Waals surface area (Å²) in [6.07, 6.45) is 3.60. The highest BCUT2D eigenvalue weighted by Gasteiger charge is 2.22. The Bertz CT molecular complexity index is 486. The van der Waals surface area contributed by atoms with Crippen molar-refractivity contribution in [1.82, 2.24) is 19.7 Å². The number of nitro groups is 1. The topological polar surface area (TPSA) is 111 Å². The van der Waals surface area contributed by atoms with Crippen LogP contribution in [0.2, 0.25) is 0 Å². The smallest absolute Gasteiger partial charge is 0.390 e. The highest BCUT2D eigenvalue weighted by atomic mass is 35.5. The van der Waals surface area contributed by atoms with Gasteiger partial charge >= 0.3 is 13.6 Å². The Kier molecular flexibility index (Phi) is 7.84. The summed E-state index contributed by atoms with van der Waals surface area (Å²) in [5, 5.41) is 16.2. The average molecular weight is 340 g/mol. The molecule has 0 aromatic carbocycles. The number of imidazole rings is 1. The molecule has 0 radical (unpaired) electrons. The highest BCUT2D eigenvalue weighted by Crippen LogP contribution is 2.36. The molecule has 2 N–H and O–H groups in total. The van der Waals surface area contributed by atoms with Gasteiger partial charge in [-0.1, -0.05) is 11.9 Å². The second kappa shape index (κ2) is 9.11. The molecule has 1 heterocycles. The molecular formula is C10H19ClN5O4P. The van der Waals surface area contributed by atoms with Crippen LogP contribution in [0.4, 0.5) is 5.95 Å². The second-order valence-electron chi connectivity index (χ2n) is 4.07. The summed E-state index contributed by atoms with van der Waals surface area (Å²) in [7, 11) is -3.20. The van der Waals surface area contributed by atoms with Gasteiger partial charge in [-0.25, -0.2) is 14.7 Å². The molecule has 1 atom stereocenters. The van der Waals surface area contributed by atoms with Gasteiger partial charge < -0.3 is 14.6 Å². The number of nitrogens with one attached hydrogen (secondary N) is 2. The minimum Gasteiger partial charge on any atom is -0.390 e. The molecule has 0 aliphatic heterocycles. The minimum absolute atomic E-state index is 0.0421. The molecule has 0 amide bonds. The van der Waals surface area contributed by atoms with Crippen molar-refractivity contribution in [3.05, 3.63) is 22.5 Å². The number of nitrogens with zero attached hydrogens (tertiary/aromatic N) is 3. The fraction of sp³-hybridized carbons (Fsp3) is 0.700. The van der Waals surface area contributed by atoms with Crippen LogP contribution < -0.4 is 10.2 Å². The Balaban J connectivity index is 2.54. The molecule has 1 aromatic rings. The number of rotatable bonds is 11. The van der Waals surface area contributed by atoms with E-state index in [2.05, 4.69) is 15.2 Å². The zero-order valence-corrected chi connectivity index (χ0v) is 13.3. The predicted molar refractivity (Wildman–Crippen MR) is 79.5 cm³/mol. The van der Waals surface area contributed by atoms with E-state index in [1.807, 2.05) is 6.92 Å². The van der Waals surface area contributed by atoms with E-state index in [9.17, 15) is 14.7 Å². The van der Waals surface area contributed by atoms with Crippen molar-refractivity contribution in [3.8, 4) is 0 Å². The monoisotopic (exact) mass is 339 g/mol. The van der Waals surface area contributed by atoms with Crippen molar-refractivity contribution in [2.75, 3.05) is 25.6 Å². The standard InChI is InChI=1S/C10H19ClN5O4P/c1-2-4-13-21(19,14-5-3-11)20-9-8-15-7-6-12-10(15)16(17)18/h6-7H,2-5,8-9H2,1H3,(H2,13,14,19). The number of alkyl halides is 1. The average Bonchev–Trinajstić information content (AvgIpc) is 2.92. The zero-order chi connectivity index (χ0) is 15.7. The summed E-state index contributed by atoms with van der Waals surface area (Å²) in [6.45, 7) is 3.02. The van der Waals surface area contributed by atoms with Crippen LogP contribution in [-0.2, 0) is 15.6 Å². The molecule has 0 saturated heterocycles. The molecule has 0 fully saturated rings. The molecule has 0 aliphatic carbocycles. The summed E-state index contributed by atoms with van der Waals surface area (Å²) >= 11 is 5.56. The molecule has 120 valence electrons. The first kappa shape index (κ1) is 18.1. The van der Waals surface area contributed by atoms with E-state index in [0.29, 0.717) is 19.0 Å². The lowest BCUT2D eigenvalue weighted by Crippen LogP contribution is -2.27. The molecule has 21 heavy (non-hydrogen) atoms. The van der Waals surface area contributed by atoms with Crippen LogP contribution in [0, 0.1) is 10.1 Å². The van der Waals surface area contributed by atoms with Crippen molar-refractivity contribution in [2.24, 2.45) is 0 Å². The summed E-state index contributed by atoms with van der Waals surface area (Å²) < 4.78 is 19.1. The summed E-state index contributed by atoms with van der Waals surface area (Å²) in [5.74, 6) is 0.0254. The Morgan fingerprint density at radius 3 is 2.86 bits per heavy atom. The SMILES string of the molecule is CCCNP(=O)(NCCCl)OCCn1ccnc1[N+](=O)[O-]. The first-order valence-electron chi connectivity index (χ1n) is 6.48. The molecule has 1 rings (SSSR count). The van der Waals surface area contributed by atoms with Gasteiger partial charge in [0.25, 0.3) is 0 Å². The molecule has 0 aliphatic rings. The first-order chi connectivity index (χ1) is 10.0. The predicted octanol–water partition coefficient (Wildman–Crippen LogP) is 1.74. The first-order valence-corrected chi connectivity index (χ1v) is 8.64. The van der Waals surface area contributed by atoms with Crippen LogP contribution >= 0.6 is 19.3 Å². The van der Waals surface area contributed by atoms with Crippen LogP contribution in [0.15, 0.2) is 12.4 Å². The molecule has 9 nitrogen and oxygen atoms in total. The molecule has 0 saturated carbocycles. The summed E-state index contributed by atoms with van der Waals surface area (Å²) in [6, 6.07) is 0. The third-order valence-electron chi connectivity index (χ3n) is 2.45. The van der Waals surface area contributed by atoms with E-state index in [1.54, 1.807) is 0 Å². The second-order valence-corrected chi connectivity index (χ2v) is 6.44. The molecule has 0 bridgehead atoms. The van der Waals surface area contributed by atoms with Gasteiger partial charge in [-0.15, -0.1) is 11.6 Å². The van der Waals surface area contributed by atoms with Crippen molar-refractivity contribution in [2.45, 2.75) is 19.9 Å². The third-order valence-corrected chi connectivity index (χ3v) is 4.46. The van der Waals surface area contributed by atoms with E-state index >= 15 is 0 Å². The Morgan fingerprint density at radius 2 is 2.24 bits per heavy atom. The van der Waals surface area contributed by atoms with Gasteiger partial charge in [0.15, 0.2) is 0 Å². The van der Waals surface area contributed by atoms with E-state index in [4.69, 9.17) is 16.1 Å². The van der Waals surface area contributed by atoms with Crippen molar-refractivity contribution in [1.29, 1.82) is 0 Å². The molecule has 1 aromatic heterocycles. The van der Waals surface area contributed by atoms with Crippen molar-refractivity contribution >= 4 is 25.2 Å². The van der Waals surface area contributed by atoms with E-state index in [0.717, 1.165) is 6.42 Å². The number of hydrogen-bond donors (Lipinski definition) is 2. The lowest BCUT2D eigenvalue weighted by atomic mass is 10.5. The number of halogens is 1. The number of hydrogen-bond acceptors (Lipinski definition) is 5. The van der Waals surface area contributed by atoms with Crippen LogP contribution in [0.1, 0.15) is 13.3 Å². The molecule has 0 spiro atoms. The van der Waals surface area contributed by atoms with Crippen LogP contribution in [0.5, 0.6) is 0 Å². The van der Waals surface area contributed by atoms with Gasteiger partial charge in [0.05, 0.1) is 13.2 Å². The number of aromatic nitrogens is 2. The third kappa shape index (κ3) is 6.11. The lowest BCUT2D eigenvalue weighted by Gasteiger charge is -2.19. The lowest BCUT2D eigenvalue weighted by molar-refractivity contribution is -0.396. The fourth-order valence-electron chi connectivity index (χ4n) is 1.51. The van der Waals surface area contributed by atoms with E-state index in [-0.39, 0.29) is 19.1 Å². The molecular weight excluding hydrogens is 321 g/mol. The summed E-state index contributed by atoms with van der Waals surface area (Å²) in [5.41, 5.74) is 0. The Labute approximate surface area is 127 Å².